The summed E-state index contributed by atoms with van der Waals surface area (Å²) in [5.74, 6) is -1.99. The molecule has 0 bridgehead atoms. The van der Waals surface area contributed by atoms with Crippen LogP contribution in [0.4, 0.5) is 0 Å². The maximum atomic E-state index is 12.0. The number of nitrogens with zero attached hydrogens (tertiary/aromatic N) is 1. The zero-order valence-corrected chi connectivity index (χ0v) is 15.6. The third-order valence-corrected chi connectivity index (χ3v) is 3.12. The van der Waals surface area contributed by atoms with Crippen molar-refractivity contribution < 1.29 is 19.2 Å². The number of amides is 4. The van der Waals surface area contributed by atoms with Crippen molar-refractivity contribution in [2.24, 2.45) is 5.73 Å². The van der Waals surface area contributed by atoms with Gasteiger partial charge in [-0.25, -0.2) is 0 Å². The van der Waals surface area contributed by atoms with Crippen molar-refractivity contribution in [3.63, 3.8) is 0 Å². The quantitative estimate of drug-likeness (QED) is 0.620. The van der Waals surface area contributed by atoms with Crippen molar-refractivity contribution in [3.8, 4) is 0 Å². The van der Waals surface area contributed by atoms with E-state index in [2.05, 4.69) is 16.4 Å². The van der Waals surface area contributed by atoms with Gasteiger partial charge in [0.2, 0.25) is 11.8 Å². The van der Waals surface area contributed by atoms with Gasteiger partial charge in [0.05, 0.1) is 0 Å². The summed E-state index contributed by atoms with van der Waals surface area (Å²) in [7, 11) is 3.04. The monoisotopic (exact) mass is 342 g/mol. The topological polar surface area (TPSA) is 122 Å². The van der Waals surface area contributed by atoms with Crippen LogP contribution in [0.3, 0.4) is 0 Å². The summed E-state index contributed by atoms with van der Waals surface area (Å²) in [5.41, 5.74) is 4.98. The summed E-state index contributed by atoms with van der Waals surface area (Å²) in [6, 6.07) is -0.900. The summed E-state index contributed by atoms with van der Waals surface area (Å²) < 4.78 is 0. The molecule has 0 saturated carbocycles. The van der Waals surface area contributed by atoms with Crippen LogP contribution in [0, 0.1) is 0 Å². The highest BCUT2D eigenvalue weighted by atomic mass is 16.2. The summed E-state index contributed by atoms with van der Waals surface area (Å²) >= 11 is 0. The second-order valence-corrected chi connectivity index (χ2v) is 4.20. The van der Waals surface area contributed by atoms with Gasteiger partial charge in [-0.05, 0) is 20.4 Å². The van der Waals surface area contributed by atoms with Crippen molar-refractivity contribution >= 4 is 23.6 Å². The molecule has 2 aliphatic rings. The lowest BCUT2D eigenvalue weighted by Gasteiger charge is -2.28. The third kappa shape index (κ3) is 5.16. The standard InChI is InChI=1S/C11H13N3O4.2C2H6.CH5N/c1-5-8(12-2)11(18)14(10(5)17)6-3-4-7(15)13-9(6)16;3*1-2/h6,12H,3-4H2,1-2H3,(H,13,15,16);2*1-2H3;2H2,1H3. The second-order valence-electron chi connectivity index (χ2n) is 4.20. The van der Waals surface area contributed by atoms with E-state index >= 15 is 0 Å². The van der Waals surface area contributed by atoms with Crippen LogP contribution < -0.4 is 16.4 Å². The van der Waals surface area contributed by atoms with Crippen LogP contribution >= 0.6 is 0 Å². The van der Waals surface area contributed by atoms with E-state index in [1.807, 2.05) is 27.7 Å². The van der Waals surface area contributed by atoms with E-state index in [4.69, 9.17) is 0 Å². The van der Waals surface area contributed by atoms with Gasteiger partial charge in [0.25, 0.3) is 11.8 Å². The van der Waals surface area contributed by atoms with Gasteiger partial charge < -0.3 is 11.1 Å². The number of hydrogen-bond acceptors (Lipinski definition) is 6. The van der Waals surface area contributed by atoms with Gasteiger partial charge in [0, 0.05) is 19.0 Å². The number of nitrogens with two attached hydrogens (primary N) is 1. The zero-order chi connectivity index (χ0) is 19.4. The molecule has 8 heteroatoms. The molecule has 0 spiro atoms. The Bertz CT molecular complexity index is 500. The van der Waals surface area contributed by atoms with Gasteiger partial charge >= 0.3 is 0 Å². The van der Waals surface area contributed by atoms with E-state index < -0.39 is 23.8 Å². The largest absolute Gasteiger partial charge is 0.383 e. The first-order chi connectivity index (χ1) is 11.5. The second kappa shape index (κ2) is 12.2. The molecular formula is C16H30N4O4. The van der Waals surface area contributed by atoms with E-state index in [1.54, 1.807) is 0 Å². The number of carbonyl (C=O) groups is 4. The molecule has 2 heterocycles. The molecule has 1 saturated heterocycles. The number of likely N-dealkylation sites (N-methyl/N-ethyl adjacent to an activating group) is 1. The predicted octanol–water partition coefficient (Wildman–Crippen LogP) is 0.281. The molecule has 4 amide bonds. The van der Waals surface area contributed by atoms with Crippen LogP contribution in [-0.2, 0) is 19.2 Å². The average molecular weight is 342 g/mol. The minimum absolute atomic E-state index is 0.126. The van der Waals surface area contributed by atoms with Crippen LogP contribution in [0.25, 0.3) is 0 Å². The summed E-state index contributed by atoms with van der Waals surface area (Å²) in [6.45, 7) is 9.53. The highest BCUT2D eigenvalue weighted by Crippen LogP contribution is 2.24. The Hall–Kier alpha value is -2.22. The molecule has 0 aromatic rings. The zero-order valence-electron chi connectivity index (χ0n) is 15.6. The van der Waals surface area contributed by atoms with E-state index in [0.717, 1.165) is 4.90 Å². The smallest absolute Gasteiger partial charge is 0.278 e. The Labute approximate surface area is 143 Å². The Morgan fingerprint density at radius 3 is 1.92 bits per heavy atom. The highest BCUT2D eigenvalue weighted by Gasteiger charge is 2.44. The SMILES string of the molecule is CC.CC.CN.CNC1=C(C)C(=O)N(C2CCC(=O)NC2=O)C1=O. The van der Waals surface area contributed by atoms with E-state index in [9.17, 15) is 19.2 Å². The number of carbonyl (C=O) groups excluding carboxylic acids is 4. The van der Waals surface area contributed by atoms with Gasteiger partial charge in [0.1, 0.15) is 11.7 Å². The first-order valence-corrected chi connectivity index (χ1v) is 8.15. The fourth-order valence-corrected chi connectivity index (χ4v) is 2.17. The Morgan fingerprint density at radius 1 is 1.04 bits per heavy atom. The number of hydrogen-bond donors (Lipinski definition) is 3. The van der Waals surface area contributed by atoms with Crippen LogP contribution in [0.1, 0.15) is 47.5 Å². The van der Waals surface area contributed by atoms with Crippen LogP contribution in [0.5, 0.6) is 0 Å². The molecule has 0 aromatic heterocycles. The van der Waals surface area contributed by atoms with Gasteiger partial charge in [-0.2, -0.15) is 0 Å². The minimum Gasteiger partial charge on any atom is -0.383 e. The molecule has 2 rings (SSSR count). The molecule has 8 nitrogen and oxygen atoms in total. The fourth-order valence-electron chi connectivity index (χ4n) is 2.17. The van der Waals surface area contributed by atoms with E-state index in [1.165, 1.54) is 21.0 Å². The van der Waals surface area contributed by atoms with Crippen LogP contribution in [0.15, 0.2) is 11.3 Å². The van der Waals surface area contributed by atoms with Crippen molar-refractivity contribution in [2.45, 2.75) is 53.5 Å². The molecule has 138 valence electrons. The van der Waals surface area contributed by atoms with Gasteiger partial charge in [-0.1, -0.05) is 27.7 Å². The third-order valence-electron chi connectivity index (χ3n) is 3.12. The first-order valence-electron chi connectivity index (χ1n) is 8.15. The molecule has 0 radical (unpaired) electrons. The van der Waals surface area contributed by atoms with Gasteiger partial charge in [0.15, 0.2) is 0 Å². The van der Waals surface area contributed by atoms with Crippen molar-refractivity contribution in [1.29, 1.82) is 0 Å². The molecule has 24 heavy (non-hydrogen) atoms. The molecule has 1 atom stereocenters. The summed E-state index contributed by atoms with van der Waals surface area (Å²) in [6.07, 6.45) is 0.299. The van der Waals surface area contributed by atoms with Crippen molar-refractivity contribution in [2.75, 3.05) is 14.1 Å². The van der Waals surface area contributed by atoms with Crippen molar-refractivity contribution in [3.05, 3.63) is 11.3 Å². The lowest BCUT2D eigenvalue weighted by Crippen LogP contribution is -2.55. The number of imide groups is 2. The Kier molecular flexibility index (Phi) is 12.3. The molecule has 0 aliphatic carbocycles. The van der Waals surface area contributed by atoms with Crippen molar-refractivity contribution in [1.82, 2.24) is 15.5 Å². The fraction of sp³-hybridized carbons (Fsp3) is 0.625. The van der Waals surface area contributed by atoms with E-state index in [-0.39, 0.29) is 30.0 Å². The summed E-state index contributed by atoms with van der Waals surface area (Å²) in [4.78, 5) is 47.6. The number of piperidine rings is 1. The average Bonchev–Trinajstić information content (AvgIpc) is 2.83. The molecule has 1 fully saturated rings. The molecule has 1 unspecified atom stereocenters. The van der Waals surface area contributed by atoms with E-state index in [0.29, 0.717) is 0 Å². The van der Waals surface area contributed by atoms with Crippen LogP contribution in [-0.4, -0.2) is 48.7 Å². The van der Waals surface area contributed by atoms with Crippen LogP contribution in [0.2, 0.25) is 0 Å². The lowest BCUT2D eigenvalue weighted by molar-refractivity contribution is -0.150. The molecule has 2 aliphatic heterocycles. The van der Waals surface area contributed by atoms with Gasteiger partial charge in [-0.15, -0.1) is 0 Å². The Morgan fingerprint density at radius 2 is 1.54 bits per heavy atom. The molecular weight excluding hydrogens is 312 g/mol. The highest BCUT2D eigenvalue weighted by molar-refractivity contribution is 6.21. The maximum absolute atomic E-state index is 12.0. The normalized spacial score (nSPS) is 19.3. The Balaban J connectivity index is 0. The first kappa shape index (κ1) is 24.0. The van der Waals surface area contributed by atoms with Gasteiger partial charge in [-0.3, -0.25) is 29.4 Å². The molecule has 4 N–H and O–H groups in total. The minimum atomic E-state index is -0.900. The predicted molar refractivity (Wildman–Crippen MR) is 92.6 cm³/mol. The summed E-state index contributed by atoms with van der Waals surface area (Å²) in [5, 5.41) is 4.79. The molecule has 0 aromatic carbocycles. The number of nitrogens with one attached hydrogen (secondary N) is 2. The maximum Gasteiger partial charge on any atom is 0.278 e. The number of rotatable bonds is 2. The lowest BCUT2D eigenvalue weighted by atomic mass is 10.0.